The second kappa shape index (κ2) is 3.09. The maximum atomic E-state index is 13.3. The first kappa shape index (κ1) is 8.66. The molecule has 0 radical (unpaired) electrons. The zero-order chi connectivity index (χ0) is 9.42. The fourth-order valence-electron chi connectivity index (χ4n) is 1.21. The molecular formula is C9H4ClFOS. The Morgan fingerprint density at radius 2 is 2.23 bits per heavy atom. The van der Waals surface area contributed by atoms with Crippen LogP contribution in [0.2, 0.25) is 4.34 Å². The van der Waals surface area contributed by atoms with E-state index >= 15 is 0 Å². The minimum atomic E-state index is -0.496. The van der Waals surface area contributed by atoms with E-state index in [4.69, 9.17) is 11.6 Å². The lowest BCUT2D eigenvalue weighted by Gasteiger charge is -1.92. The van der Waals surface area contributed by atoms with Crippen molar-refractivity contribution in [3.63, 3.8) is 0 Å². The van der Waals surface area contributed by atoms with E-state index in [-0.39, 0.29) is 4.34 Å². The molecule has 0 atom stereocenters. The second-order valence-corrected chi connectivity index (χ2v) is 4.18. The van der Waals surface area contributed by atoms with Crippen molar-refractivity contribution in [2.75, 3.05) is 0 Å². The van der Waals surface area contributed by atoms with Crippen LogP contribution in [0, 0.1) is 5.82 Å². The number of carbonyl (C=O) groups excluding carboxylic acids is 1. The van der Waals surface area contributed by atoms with Crippen LogP contribution in [-0.2, 0) is 0 Å². The van der Waals surface area contributed by atoms with Crippen LogP contribution in [-0.4, -0.2) is 6.29 Å². The average molecular weight is 215 g/mol. The van der Waals surface area contributed by atoms with Crippen molar-refractivity contribution in [3.05, 3.63) is 33.9 Å². The Kier molecular flexibility index (Phi) is 2.06. The first-order valence-electron chi connectivity index (χ1n) is 3.55. The summed E-state index contributed by atoms with van der Waals surface area (Å²) in [6.45, 7) is 0. The van der Waals surface area contributed by atoms with Gasteiger partial charge in [0.25, 0.3) is 0 Å². The second-order valence-electron chi connectivity index (χ2n) is 2.53. The van der Waals surface area contributed by atoms with Gasteiger partial charge in [-0.2, -0.15) is 0 Å². The molecule has 4 heteroatoms. The topological polar surface area (TPSA) is 17.1 Å². The Labute approximate surface area is 82.7 Å². The Bertz CT molecular complexity index is 478. The molecule has 0 aliphatic heterocycles. The molecule has 2 rings (SSSR count). The predicted octanol–water partition coefficient (Wildman–Crippen LogP) is 3.51. The summed E-state index contributed by atoms with van der Waals surface area (Å²) in [7, 11) is 0. The molecule has 0 aliphatic rings. The Balaban J connectivity index is 2.94. The number of thiophene rings is 1. The summed E-state index contributed by atoms with van der Waals surface area (Å²) in [5.74, 6) is -0.496. The van der Waals surface area contributed by atoms with E-state index in [1.165, 1.54) is 0 Å². The maximum Gasteiger partial charge on any atom is 0.161 e. The highest BCUT2D eigenvalue weighted by Crippen LogP contribution is 2.34. The average Bonchev–Trinajstić information content (AvgIpc) is 2.43. The minimum absolute atomic E-state index is 0.101. The summed E-state index contributed by atoms with van der Waals surface area (Å²) in [5, 5.41) is 0.326. The molecule has 0 bridgehead atoms. The zero-order valence-electron chi connectivity index (χ0n) is 6.38. The molecule has 13 heavy (non-hydrogen) atoms. The van der Waals surface area contributed by atoms with Gasteiger partial charge in [0.2, 0.25) is 0 Å². The van der Waals surface area contributed by atoms with E-state index in [9.17, 15) is 9.18 Å². The SMILES string of the molecule is O=Cc1cccc2sc(Cl)c(F)c12. The highest BCUT2D eigenvalue weighted by atomic mass is 35.5. The zero-order valence-corrected chi connectivity index (χ0v) is 7.95. The third-order valence-corrected chi connectivity index (χ3v) is 3.09. The van der Waals surface area contributed by atoms with Crippen LogP contribution in [0.25, 0.3) is 10.1 Å². The van der Waals surface area contributed by atoms with Gasteiger partial charge in [-0.05, 0) is 6.07 Å². The molecule has 66 valence electrons. The van der Waals surface area contributed by atoms with Crippen molar-refractivity contribution < 1.29 is 9.18 Å². The van der Waals surface area contributed by atoms with E-state index in [0.29, 0.717) is 21.9 Å². The molecule has 1 aromatic carbocycles. The molecule has 0 saturated heterocycles. The van der Waals surface area contributed by atoms with Gasteiger partial charge in [-0.25, -0.2) is 4.39 Å². The monoisotopic (exact) mass is 214 g/mol. The van der Waals surface area contributed by atoms with Crippen molar-refractivity contribution >= 4 is 39.3 Å². The molecule has 0 N–H and O–H groups in total. The number of rotatable bonds is 1. The molecule has 0 amide bonds. The van der Waals surface area contributed by atoms with Crippen molar-refractivity contribution in [2.24, 2.45) is 0 Å². The number of halogens is 2. The molecule has 1 nitrogen and oxygen atoms in total. The van der Waals surface area contributed by atoms with E-state index < -0.39 is 5.82 Å². The van der Waals surface area contributed by atoms with Gasteiger partial charge >= 0.3 is 0 Å². The first-order chi connectivity index (χ1) is 6.24. The molecule has 0 aliphatic carbocycles. The number of hydrogen-bond acceptors (Lipinski definition) is 2. The fraction of sp³-hybridized carbons (Fsp3) is 0. The molecule has 2 aromatic rings. The number of benzene rings is 1. The number of hydrogen-bond donors (Lipinski definition) is 0. The van der Waals surface area contributed by atoms with Crippen molar-refractivity contribution in [1.29, 1.82) is 0 Å². The summed E-state index contributed by atoms with van der Waals surface area (Å²) < 4.78 is 14.1. The lowest BCUT2D eigenvalue weighted by molar-refractivity contribution is 0.112. The molecule has 0 unspecified atom stereocenters. The van der Waals surface area contributed by atoms with Crippen molar-refractivity contribution in [3.8, 4) is 0 Å². The number of carbonyl (C=O) groups is 1. The number of fused-ring (bicyclic) bond motifs is 1. The highest BCUT2D eigenvalue weighted by Gasteiger charge is 2.12. The van der Waals surface area contributed by atoms with E-state index in [1.54, 1.807) is 18.2 Å². The largest absolute Gasteiger partial charge is 0.298 e. The van der Waals surface area contributed by atoms with Gasteiger partial charge in [-0.1, -0.05) is 23.7 Å². The molecule has 1 heterocycles. The quantitative estimate of drug-likeness (QED) is 0.664. The van der Waals surface area contributed by atoms with Gasteiger partial charge in [0.1, 0.15) is 4.34 Å². The van der Waals surface area contributed by atoms with Gasteiger partial charge in [0.15, 0.2) is 12.1 Å². The van der Waals surface area contributed by atoms with Crippen LogP contribution in [0.4, 0.5) is 4.39 Å². The van der Waals surface area contributed by atoms with E-state index in [1.807, 2.05) is 0 Å². The molecule has 0 spiro atoms. The van der Waals surface area contributed by atoms with Crippen LogP contribution in [0.1, 0.15) is 10.4 Å². The summed E-state index contributed by atoms with van der Waals surface area (Å²) >= 11 is 6.75. The molecular weight excluding hydrogens is 211 g/mol. The normalized spacial score (nSPS) is 10.6. The Morgan fingerprint density at radius 3 is 2.92 bits per heavy atom. The van der Waals surface area contributed by atoms with Crippen LogP contribution in [0.3, 0.4) is 0 Å². The summed E-state index contributed by atoms with van der Waals surface area (Å²) in [6.07, 6.45) is 0.633. The van der Waals surface area contributed by atoms with Crippen LogP contribution in [0.15, 0.2) is 18.2 Å². The third kappa shape index (κ3) is 1.24. The Hall–Kier alpha value is -0.930. The molecule has 0 saturated carbocycles. The lowest BCUT2D eigenvalue weighted by Crippen LogP contribution is -1.81. The lowest BCUT2D eigenvalue weighted by atomic mass is 10.1. The molecule has 0 fully saturated rings. The van der Waals surface area contributed by atoms with Gasteiger partial charge in [-0.3, -0.25) is 4.79 Å². The summed E-state index contributed by atoms with van der Waals surface area (Å²) in [6, 6.07) is 5.02. The maximum absolute atomic E-state index is 13.3. The van der Waals surface area contributed by atoms with Gasteiger partial charge in [0, 0.05) is 15.6 Å². The third-order valence-electron chi connectivity index (χ3n) is 1.78. The minimum Gasteiger partial charge on any atom is -0.298 e. The summed E-state index contributed by atoms with van der Waals surface area (Å²) in [4.78, 5) is 10.6. The van der Waals surface area contributed by atoms with Crippen LogP contribution < -0.4 is 0 Å². The van der Waals surface area contributed by atoms with Crippen LogP contribution in [0.5, 0.6) is 0 Å². The Morgan fingerprint density at radius 1 is 1.46 bits per heavy atom. The van der Waals surface area contributed by atoms with Gasteiger partial charge < -0.3 is 0 Å². The smallest absolute Gasteiger partial charge is 0.161 e. The van der Waals surface area contributed by atoms with Crippen LogP contribution >= 0.6 is 22.9 Å². The van der Waals surface area contributed by atoms with Gasteiger partial charge in [-0.15, -0.1) is 11.3 Å². The van der Waals surface area contributed by atoms with Crippen molar-refractivity contribution in [2.45, 2.75) is 0 Å². The van der Waals surface area contributed by atoms with Gasteiger partial charge in [0.05, 0.1) is 0 Å². The molecule has 1 aromatic heterocycles. The highest BCUT2D eigenvalue weighted by molar-refractivity contribution is 7.22. The fourth-order valence-corrected chi connectivity index (χ4v) is 2.39. The van der Waals surface area contributed by atoms with Crippen molar-refractivity contribution in [1.82, 2.24) is 0 Å². The first-order valence-corrected chi connectivity index (χ1v) is 4.75. The standard InChI is InChI=1S/C9H4ClFOS/c10-9-8(11)7-5(4-12)2-1-3-6(7)13-9/h1-4H. The number of aldehydes is 1. The van der Waals surface area contributed by atoms with E-state index in [0.717, 1.165) is 11.3 Å². The predicted molar refractivity (Wildman–Crippen MR) is 52.2 cm³/mol. The van der Waals surface area contributed by atoms with E-state index in [2.05, 4.69) is 0 Å². The summed E-state index contributed by atoms with van der Waals surface area (Å²) in [5.41, 5.74) is 0.346.